The highest BCUT2D eigenvalue weighted by Gasteiger charge is 2.11. The summed E-state index contributed by atoms with van der Waals surface area (Å²) in [4.78, 5) is 43.7. The molecule has 3 N–H and O–H groups in total. The van der Waals surface area contributed by atoms with E-state index in [0.717, 1.165) is 7.11 Å². The average Bonchev–Trinajstić information content (AvgIpc) is 2.87. The molecule has 2 aromatic rings. The fraction of sp³-hybridized carbons (Fsp3) is 0.238. The lowest BCUT2D eigenvalue weighted by atomic mass is 10.2. The number of hydrogen-bond acceptors (Lipinski definition) is 11. The molecule has 2 amide bonds. The van der Waals surface area contributed by atoms with Gasteiger partial charge in [-0.05, 0) is 48.5 Å². The van der Waals surface area contributed by atoms with Gasteiger partial charge in [-0.2, -0.15) is 18.5 Å². The number of carbonyl (C=O) groups excluding carboxylic acids is 4. The van der Waals surface area contributed by atoms with Crippen LogP contribution in [-0.4, -0.2) is 68.5 Å². The highest BCUT2D eigenvalue weighted by atomic mass is 32.3. The van der Waals surface area contributed by atoms with Crippen molar-refractivity contribution in [2.24, 2.45) is 0 Å². The van der Waals surface area contributed by atoms with Crippen LogP contribution >= 0.6 is 0 Å². The monoisotopic (exact) mass is 530 g/mol. The molecule has 0 aliphatic heterocycles. The molecule has 0 radical (unpaired) electrons. The molecular formula is C21H26N2O12S. The van der Waals surface area contributed by atoms with Crippen molar-refractivity contribution in [3.8, 4) is 0 Å². The quantitative estimate of drug-likeness (QED) is 0.220. The Balaban J connectivity index is 0.000000558. The van der Waals surface area contributed by atoms with E-state index >= 15 is 0 Å². The molecule has 0 spiro atoms. The van der Waals surface area contributed by atoms with Gasteiger partial charge >= 0.3 is 22.3 Å². The number of carbonyl (C=O) groups is 4. The fourth-order valence-corrected chi connectivity index (χ4v) is 2.08. The molecular weight excluding hydrogens is 504 g/mol. The van der Waals surface area contributed by atoms with Crippen LogP contribution < -0.4 is 10.1 Å². The average molecular weight is 531 g/mol. The highest BCUT2D eigenvalue weighted by Crippen LogP contribution is 2.15. The molecule has 0 aliphatic rings. The van der Waals surface area contributed by atoms with E-state index in [2.05, 4.69) is 13.7 Å². The number of methoxy groups -OCH3 is 2. The Kier molecular flexibility index (Phi) is 13.5. The molecule has 0 saturated carbocycles. The van der Waals surface area contributed by atoms with Crippen molar-refractivity contribution >= 4 is 45.5 Å². The van der Waals surface area contributed by atoms with Crippen LogP contribution in [0, 0.1) is 0 Å². The molecule has 0 aromatic heterocycles. The number of nitrogens with zero attached hydrogens (tertiary/aromatic N) is 2. The molecule has 0 aliphatic carbocycles. The third-order valence-electron chi connectivity index (χ3n) is 3.87. The number of ether oxygens (including phenoxy) is 2. The second kappa shape index (κ2) is 15.2. The summed E-state index contributed by atoms with van der Waals surface area (Å²) < 4.78 is 38.7. The van der Waals surface area contributed by atoms with Gasteiger partial charge in [0.1, 0.15) is 0 Å². The third-order valence-corrected chi connectivity index (χ3v) is 4.29. The van der Waals surface area contributed by atoms with E-state index in [1.54, 1.807) is 0 Å². The Labute approximate surface area is 207 Å². The lowest BCUT2D eigenvalue weighted by Crippen LogP contribution is -2.23. The van der Waals surface area contributed by atoms with E-state index in [-0.39, 0.29) is 0 Å². The molecule has 14 nitrogen and oxygen atoms in total. The maximum absolute atomic E-state index is 11.1. The molecule has 0 bridgehead atoms. The molecule has 2 aromatic carbocycles. The molecule has 0 heterocycles. The first-order chi connectivity index (χ1) is 16.7. The van der Waals surface area contributed by atoms with Crippen LogP contribution in [0.1, 0.15) is 34.6 Å². The molecule has 0 unspecified atom stereocenters. The minimum absolute atomic E-state index is 0.301. The highest BCUT2D eigenvalue weighted by molar-refractivity contribution is 7.80. The van der Waals surface area contributed by atoms with E-state index < -0.39 is 34.2 Å². The Hall–Kier alpha value is -3.89. The van der Waals surface area contributed by atoms with Crippen molar-refractivity contribution in [3.05, 3.63) is 59.7 Å². The number of rotatable bonds is 5. The zero-order chi connectivity index (χ0) is 28.1. The normalized spacial score (nSPS) is 9.89. The van der Waals surface area contributed by atoms with Crippen molar-refractivity contribution in [1.29, 1.82) is 0 Å². The second-order valence-corrected chi connectivity index (χ2v) is 7.52. The fourth-order valence-electron chi connectivity index (χ4n) is 2.08. The van der Waals surface area contributed by atoms with E-state index in [1.807, 2.05) is 0 Å². The first kappa shape index (κ1) is 32.1. The zero-order valence-corrected chi connectivity index (χ0v) is 20.8. The first-order valence-electron chi connectivity index (χ1n) is 9.57. The molecule has 0 saturated heterocycles. The molecule has 0 fully saturated rings. The lowest BCUT2D eigenvalue weighted by molar-refractivity contribution is -0.122. The predicted octanol–water partition coefficient (Wildman–Crippen LogP) is 1.87. The molecule has 15 heteroatoms. The van der Waals surface area contributed by atoms with Crippen LogP contribution in [0.2, 0.25) is 0 Å². The van der Waals surface area contributed by atoms with Crippen LogP contribution in [0.25, 0.3) is 0 Å². The van der Waals surface area contributed by atoms with Crippen molar-refractivity contribution in [1.82, 2.24) is 0 Å². The van der Waals surface area contributed by atoms with E-state index in [9.17, 15) is 38.0 Å². The van der Waals surface area contributed by atoms with E-state index in [1.165, 1.54) is 76.6 Å². The Morgan fingerprint density at radius 1 is 0.667 bits per heavy atom. The van der Waals surface area contributed by atoms with Crippen LogP contribution in [-0.2, 0) is 33.6 Å². The second-order valence-electron chi connectivity index (χ2n) is 6.33. The van der Waals surface area contributed by atoms with Gasteiger partial charge in [-0.25, -0.2) is 9.59 Å². The van der Waals surface area contributed by atoms with E-state index in [4.69, 9.17) is 4.55 Å². The lowest BCUT2D eigenvalue weighted by Gasteiger charge is -2.12. The van der Waals surface area contributed by atoms with Crippen LogP contribution in [0.15, 0.2) is 48.5 Å². The molecule has 198 valence electrons. The molecule has 36 heavy (non-hydrogen) atoms. The van der Waals surface area contributed by atoms with Gasteiger partial charge in [0, 0.05) is 13.8 Å². The topological polar surface area (TPSA) is 197 Å². The zero-order valence-electron chi connectivity index (χ0n) is 19.9. The number of amides is 2. The van der Waals surface area contributed by atoms with Crippen LogP contribution in [0.5, 0.6) is 0 Å². The van der Waals surface area contributed by atoms with Gasteiger partial charge in [-0.1, -0.05) is 0 Å². The van der Waals surface area contributed by atoms with Gasteiger partial charge in [-0.15, -0.1) is 0 Å². The standard InChI is InChI=1S/2C10H11NO4.CH4O4S/c2*1-7(12)11(14)9-5-3-8(4-6-9)10(13)15-2;1-5-6(2,3)4/h2*3-6,14H,1-2H3;1H3,(H,2,3,4). The SMILES string of the molecule is COC(=O)c1ccc(N(O)C(C)=O)cc1.COC(=O)c1ccc(N(O)C(C)=O)cc1.COS(=O)(=O)O. The van der Waals surface area contributed by atoms with Crippen molar-refractivity contribution in [2.75, 3.05) is 31.5 Å². The van der Waals surface area contributed by atoms with Crippen molar-refractivity contribution in [2.45, 2.75) is 13.8 Å². The van der Waals surface area contributed by atoms with Crippen molar-refractivity contribution < 1.29 is 56.2 Å². The Morgan fingerprint density at radius 2 is 0.917 bits per heavy atom. The van der Waals surface area contributed by atoms with Gasteiger partial charge < -0.3 is 9.47 Å². The third kappa shape index (κ3) is 11.5. The summed E-state index contributed by atoms with van der Waals surface area (Å²) in [6.45, 7) is 2.46. The number of esters is 2. The summed E-state index contributed by atoms with van der Waals surface area (Å²) in [6, 6.07) is 11.7. The van der Waals surface area contributed by atoms with Gasteiger partial charge in [-0.3, -0.25) is 28.7 Å². The van der Waals surface area contributed by atoms with Gasteiger partial charge in [0.05, 0.1) is 43.8 Å². The number of hydroxylamine groups is 2. The van der Waals surface area contributed by atoms with Crippen LogP contribution in [0.3, 0.4) is 0 Å². The maximum atomic E-state index is 11.1. The summed E-state index contributed by atoms with van der Waals surface area (Å²) in [6.07, 6.45) is 0. The Morgan fingerprint density at radius 3 is 1.08 bits per heavy atom. The smallest absolute Gasteiger partial charge is 0.397 e. The summed E-state index contributed by atoms with van der Waals surface area (Å²) in [5.74, 6) is -1.93. The summed E-state index contributed by atoms with van der Waals surface area (Å²) in [5.41, 5.74) is 1.32. The minimum Gasteiger partial charge on any atom is -0.465 e. The number of hydrogen-bond donors (Lipinski definition) is 3. The van der Waals surface area contributed by atoms with Crippen LogP contribution in [0.4, 0.5) is 11.4 Å². The summed E-state index contributed by atoms with van der Waals surface area (Å²) in [5, 5.41) is 19.5. The predicted molar refractivity (Wildman–Crippen MR) is 124 cm³/mol. The maximum Gasteiger partial charge on any atom is 0.397 e. The molecule has 0 atom stereocenters. The Bertz CT molecular complexity index is 1060. The summed E-state index contributed by atoms with van der Waals surface area (Å²) >= 11 is 0. The minimum atomic E-state index is -4.16. The van der Waals surface area contributed by atoms with Gasteiger partial charge in [0.15, 0.2) is 0 Å². The summed E-state index contributed by atoms with van der Waals surface area (Å²) in [7, 11) is -0.728. The van der Waals surface area contributed by atoms with Gasteiger partial charge in [0.25, 0.3) is 0 Å². The molecule has 2 rings (SSSR count). The van der Waals surface area contributed by atoms with Gasteiger partial charge in [0.2, 0.25) is 11.8 Å². The number of benzene rings is 2. The van der Waals surface area contributed by atoms with Crippen molar-refractivity contribution in [3.63, 3.8) is 0 Å². The first-order valence-corrected chi connectivity index (χ1v) is 10.9. The number of anilines is 2. The van der Waals surface area contributed by atoms with E-state index in [0.29, 0.717) is 32.6 Å². The largest absolute Gasteiger partial charge is 0.465 e.